The first-order valence-corrected chi connectivity index (χ1v) is 9.19. The molecule has 0 aliphatic carbocycles. The summed E-state index contributed by atoms with van der Waals surface area (Å²) >= 11 is 0. The minimum Gasteiger partial charge on any atom is -0.492 e. The van der Waals surface area contributed by atoms with E-state index in [-0.39, 0.29) is 16.9 Å². The van der Waals surface area contributed by atoms with Gasteiger partial charge >= 0.3 is 5.69 Å². The fourth-order valence-corrected chi connectivity index (χ4v) is 2.90. The van der Waals surface area contributed by atoms with Gasteiger partial charge in [-0.2, -0.15) is 0 Å². The standard InChI is InChI=1S/C19H26N4O5/c1-4-10-22(11-9-16-14-18(24)21(3)19(25)20(16)2)12-13-28-17-7-5-15(6-8-17)23(26)27/h5-8,14H,4,9-13H2,1-3H3. The highest BCUT2D eigenvalue weighted by Crippen LogP contribution is 2.17. The fourth-order valence-electron chi connectivity index (χ4n) is 2.90. The van der Waals surface area contributed by atoms with E-state index in [0.717, 1.165) is 17.5 Å². The van der Waals surface area contributed by atoms with Crippen LogP contribution in [0.25, 0.3) is 0 Å². The molecule has 1 aromatic heterocycles. The minimum absolute atomic E-state index is 0.0274. The largest absolute Gasteiger partial charge is 0.492 e. The number of ether oxygens (including phenoxy) is 1. The summed E-state index contributed by atoms with van der Waals surface area (Å²) in [6, 6.07) is 7.49. The quantitative estimate of drug-likeness (QED) is 0.448. The van der Waals surface area contributed by atoms with Gasteiger partial charge in [-0.25, -0.2) is 4.79 Å². The summed E-state index contributed by atoms with van der Waals surface area (Å²) in [6.45, 7) is 4.75. The first kappa shape index (κ1) is 21.4. The zero-order valence-electron chi connectivity index (χ0n) is 16.5. The average Bonchev–Trinajstić information content (AvgIpc) is 2.68. The van der Waals surface area contributed by atoms with Gasteiger partial charge in [0.1, 0.15) is 12.4 Å². The Kier molecular flexibility index (Phi) is 7.51. The molecule has 0 amide bonds. The molecule has 152 valence electrons. The maximum atomic E-state index is 12.0. The Morgan fingerprint density at radius 2 is 1.75 bits per heavy atom. The summed E-state index contributed by atoms with van der Waals surface area (Å²) in [6.07, 6.45) is 1.55. The van der Waals surface area contributed by atoms with Crippen LogP contribution in [0.2, 0.25) is 0 Å². The highest BCUT2D eigenvalue weighted by molar-refractivity contribution is 5.35. The number of nitro groups is 1. The van der Waals surface area contributed by atoms with Crippen molar-refractivity contribution in [1.82, 2.24) is 14.0 Å². The van der Waals surface area contributed by atoms with Gasteiger partial charge in [0.25, 0.3) is 11.2 Å². The number of hydrogen-bond acceptors (Lipinski definition) is 6. The molecule has 0 bridgehead atoms. The van der Waals surface area contributed by atoms with Gasteiger partial charge in [0, 0.05) is 57.5 Å². The number of rotatable bonds is 10. The van der Waals surface area contributed by atoms with Crippen LogP contribution in [0.4, 0.5) is 5.69 Å². The van der Waals surface area contributed by atoms with Crippen molar-refractivity contribution >= 4 is 5.69 Å². The van der Waals surface area contributed by atoms with E-state index in [0.29, 0.717) is 37.6 Å². The van der Waals surface area contributed by atoms with Crippen LogP contribution in [0.3, 0.4) is 0 Å². The third-order valence-electron chi connectivity index (χ3n) is 4.57. The van der Waals surface area contributed by atoms with Crippen LogP contribution in [0, 0.1) is 10.1 Å². The maximum absolute atomic E-state index is 12.0. The number of aromatic nitrogens is 2. The molecule has 0 saturated carbocycles. The average molecular weight is 390 g/mol. The van der Waals surface area contributed by atoms with E-state index < -0.39 is 4.92 Å². The molecule has 0 radical (unpaired) electrons. The lowest BCUT2D eigenvalue weighted by molar-refractivity contribution is -0.384. The Labute approximate surface area is 162 Å². The van der Waals surface area contributed by atoms with Crippen molar-refractivity contribution in [3.63, 3.8) is 0 Å². The first-order valence-electron chi connectivity index (χ1n) is 9.19. The summed E-state index contributed by atoms with van der Waals surface area (Å²) in [5.74, 6) is 0.580. The maximum Gasteiger partial charge on any atom is 0.330 e. The Balaban J connectivity index is 1.92. The van der Waals surface area contributed by atoms with Gasteiger partial charge < -0.3 is 9.30 Å². The third kappa shape index (κ3) is 5.53. The molecule has 0 aliphatic rings. The van der Waals surface area contributed by atoms with Crippen molar-refractivity contribution in [1.29, 1.82) is 0 Å². The SMILES string of the molecule is CCCN(CCOc1ccc([N+](=O)[O-])cc1)CCc1cc(=O)n(C)c(=O)n1C. The molecular formula is C19H26N4O5. The van der Waals surface area contributed by atoms with E-state index >= 15 is 0 Å². The van der Waals surface area contributed by atoms with Crippen LogP contribution in [0.15, 0.2) is 39.9 Å². The Hall–Kier alpha value is -2.94. The van der Waals surface area contributed by atoms with Crippen molar-refractivity contribution in [2.75, 3.05) is 26.2 Å². The topological polar surface area (TPSA) is 99.6 Å². The van der Waals surface area contributed by atoms with Crippen molar-refractivity contribution in [2.24, 2.45) is 14.1 Å². The van der Waals surface area contributed by atoms with Gasteiger partial charge in [0.05, 0.1) is 4.92 Å². The van der Waals surface area contributed by atoms with Gasteiger partial charge in [-0.15, -0.1) is 0 Å². The van der Waals surface area contributed by atoms with Crippen molar-refractivity contribution in [3.05, 3.63) is 67.0 Å². The monoisotopic (exact) mass is 390 g/mol. The number of nitro benzene ring substituents is 1. The summed E-state index contributed by atoms with van der Waals surface area (Å²) in [5, 5.41) is 10.7. The highest BCUT2D eigenvalue weighted by Gasteiger charge is 2.10. The lowest BCUT2D eigenvalue weighted by atomic mass is 10.2. The Morgan fingerprint density at radius 3 is 2.36 bits per heavy atom. The predicted molar refractivity (Wildman–Crippen MR) is 106 cm³/mol. The van der Waals surface area contributed by atoms with Crippen LogP contribution in [0.5, 0.6) is 5.75 Å². The van der Waals surface area contributed by atoms with E-state index in [1.807, 2.05) is 0 Å². The number of hydrogen-bond donors (Lipinski definition) is 0. The van der Waals surface area contributed by atoms with E-state index in [1.165, 1.54) is 29.8 Å². The zero-order chi connectivity index (χ0) is 20.7. The molecule has 2 rings (SSSR count). The third-order valence-corrected chi connectivity index (χ3v) is 4.57. The minimum atomic E-state index is -0.447. The van der Waals surface area contributed by atoms with Gasteiger partial charge in [0.15, 0.2) is 0 Å². The highest BCUT2D eigenvalue weighted by atomic mass is 16.6. The van der Waals surface area contributed by atoms with E-state index in [1.54, 1.807) is 19.2 Å². The first-order chi connectivity index (χ1) is 13.3. The van der Waals surface area contributed by atoms with Crippen LogP contribution < -0.4 is 16.0 Å². The van der Waals surface area contributed by atoms with Crippen LogP contribution >= 0.6 is 0 Å². The second kappa shape index (κ2) is 9.84. The summed E-state index contributed by atoms with van der Waals surface area (Å²) in [5.41, 5.74) is 0.0951. The molecule has 0 fully saturated rings. The van der Waals surface area contributed by atoms with Crippen LogP contribution in [-0.2, 0) is 20.5 Å². The number of nitrogens with zero attached hydrogens (tertiary/aromatic N) is 4. The smallest absolute Gasteiger partial charge is 0.330 e. The zero-order valence-corrected chi connectivity index (χ0v) is 16.5. The second-order valence-corrected chi connectivity index (χ2v) is 6.57. The molecule has 2 aromatic rings. The summed E-state index contributed by atoms with van der Waals surface area (Å²) < 4.78 is 8.26. The van der Waals surface area contributed by atoms with Crippen LogP contribution in [-0.4, -0.2) is 45.2 Å². The molecular weight excluding hydrogens is 364 g/mol. The molecule has 0 saturated heterocycles. The molecule has 0 spiro atoms. The normalized spacial score (nSPS) is 11.0. The lowest BCUT2D eigenvalue weighted by Crippen LogP contribution is -2.39. The van der Waals surface area contributed by atoms with Crippen molar-refractivity contribution in [2.45, 2.75) is 19.8 Å². The number of benzene rings is 1. The van der Waals surface area contributed by atoms with Gasteiger partial charge in [-0.05, 0) is 25.1 Å². The second-order valence-electron chi connectivity index (χ2n) is 6.57. The van der Waals surface area contributed by atoms with Crippen molar-refractivity contribution in [3.8, 4) is 5.75 Å². The fraction of sp³-hybridized carbons (Fsp3) is 0.474. The molecule has 9 heteroatoms. The van der Waals surface area contributed by atoms with Gasteiger partial charge in [0.2, 0.25) is 0 Å². The summed E-state index contributed by atoms with van der Waals surface area (Å²) in [4.78, 5) is 36.3. The predicted octanol–water partition coefficient (Wildman–Crippen LogP) is 1.33. The molecule has 0 aliphatic heterocycles. The van der Waals surface area contributed by atoms with Crippen LogP contribution in [0.1, 0.15) is 19.0 Å². The number of non-ortho nitro benzene ring substituents is 1. The molecule has 0 N–H and O–H groups in total. The van der Waals surface area contributed by atoms with E-state index in [2.05, 4.69) is 11.8 Å². The Morgan fingerprint density at radius 1 is 1.07 bits per heavy atom. The molecule has 0 unspecified atom stereocenters. The molecule has 1 aromatic carbocycles. The molecule has 28 heavy (non-hydrogen) atoms. The lowest BCUT2D eigenvalue weighted by Gasteiger charge is -2.22. The molecule has 1 heterocycles. The molecule has 9 nitrogen and oxygen atoms in total. The Bertz CT molecular complexity index is 917. The molecule has 0 atom stereocenters. The van der Waals surface area contributed by atoms with Gasteiger partial charge in [-0.1, -0.05) is 6.92 Å². The van der Waals surface area contributed by atoms with E-state index in [4.69, 9.17) is 4.74 Å². The van der Waals surface area contributed by atoms with Gasteiger partial charge in [-0.3, -0.25) is 24.4 Å². The van der Waals surface area contributed by atoms with E-state index in [9.17, 15) is 19.7 Å². The summed E-state index contributed by atoms with van der Waals surface area (Å²) in [7, 11) is 3.13. The van der Waals surface area contributed by atoms with Crippen molar-refractivity contribution < 1.29 is 9.66 Å².